The van der Waals surface area contributed by atoms with Crippen molar-refractivity contribution in [1.82, 2.24) is 0 Å². The number of nitro benzene ring substituents is 1. The number of benzene rings is 1. The summed E-state index contributed by atoms with van der Waals surface area (Å²) in [6, 6.07) is 2.69. The molecule has 7 heteroatoms. The van der Waals surface area contributed by atoms with Gasteiger partial charge >= 0.3 is 0 Å². The van der Waals surface area contributed by atoms with Gasteiger partial charge in [-0.25, -0.2) is 0 Å². The van der Waals surface area contributed by atoms with Gasteiger partial charge in [-0.1, -0.05) is 36.0 Å². The molecule has 2 atom stereocenters. The Bertz CT molecular complexity index is 565. The van der Waals surface area contributed by atoms with Gasteiger partial charge in [-0.2, -0.15) is 0 Å². The van der Waals surface area contributed by atoms with Gasteiger partial charge in [-0.3, -0.25) is 10.1 Å². The van der Waals surface area contributed by atoms with Crippen LogP contribution >= 0.6 is 23.2 Å². The molecule has 1 spiro atoms. The number of nitro groups is 1. The number of nitrogens with two attached hydrogens (primary N) is 1. The molecule has 2 aliphatic rings. The number of halogens is 2. The quantitative estimate of drug-likeness (QED) is 0.672. The Morgan fingerprint density at radius 3 is 2.33 bits per heavy atom. The molecule has 2 N–H and O–H groups in total. The molecule has 2 fully saturated rings. The summed E-state index contributed by atoms with van der Waals surface area (Å²) in [5, 5.41) is 11.1. The molecule has 0 aromatic heterocycles. The van der Waals surface area contributed by atoms with Crippen molar-refractivity contribution in [2.45, 2.75) is 44.2 Å². The average Bonchev–Trinajstić information content (AvgIpc) is 2.93. The van der Waals surface area contributed by atoms with Crippen LogP contribution in [0.3, 0.4) is 0 Å². The highest BCUT2D eigenvalue weighted by molar-refractivity contribution is 6.37. The molecule has 21 heavy (non-hydrogen) atoms. The Labute approximate surface area is 132 Å². The van der Waals surface area contributed by atoms with E-state index in [0.29, 0.717) is 5.75 Å². The number of ether oxygens (including phenoxy) is 1. The molecule has 0 amide bonds. The number of rotatable bonds is 3. The highest BCUT2D eigenvalue weighted by Crippen LogP contribution is 2.54. The van der Waals surface area contributed by atoms with Crippen LogP contribution in [0, 0.1) is 15.5 Å². The summed E-state index contributed by atoms with van der Waals surface area (Å²) < 4.78 is 5.99. The van der Waals surface area contributed by atoms with Crippen molar-refractivity contribution < 1.29 is 9.66 Å². The Morgan fingerprint density at radius 1 is 1.29 bits per heavy atom. The molecule has 0 aliphatic heterocycles. The normalized spacial score (nSPS) is 26.6. The zero-order valence-corrected chi connectivity index (χ0v) is 12.9. The van der Waals surface area contributed by atoms with Crippen molar-refractivity contribution in [3.63, 3.8) is 0 Å². The fourth-order valence-corrected chi connectivity index (χ4v) is 4.14. The Balaban J connectivity index is 1.84. The van der Waals surface area contributed by atoms with E-state index in [4.69, 9.17) is 33.7 Å². The number of hydrogen-bond donors (Lipinski definition) is 1. The van der Waals surface area contributed by atoms with E-state index in [1.54, 1.807) is 0 Å². The first-order valence-corrected chi connectivity index (χ1v) is 7.75. The smallest absolute Gasteiger partial charge is 0.272 e. The van der Waals surface area contributed by atoms with Crippen LogP contribution in [0.1, 0.15) is 32.1 Å². The van der Waals surface area contributed by atoms with Crippen molar-refractivity contribution in [3.8, 4) is 5.75 Å². The van der Waals surface area contributed by atoms with Gasteiger partial charge in [-0.05, 0) is 12.8 Å². The first-order valence-electron chi connectivity index (χ1n) is 7.00. The van der Waals surface area contributed by atoms with Crippen LogP contribution in [-0.4, -0.2) is 17.1 Å². The molecular formula is C14H16Cl2N2O3. The van der Waals surface area contributed by atoms with Crippen LogP contribution in [0.5, 0.6) is 5.75 Å². The zero-order valence-electron chi connectivity index (χ0n) is 11.4. The Kier molecular flexibility index (Phi) is 3.76. The van der Waals surface area contributed by atoms with Gasteiger partial charge in [0, 0.05) is 30.0 Å². The Hall–Kier alpha value is -1.04. The van der Waals surface area contributed by atoms with Gasteiger partial charge in [0.25, 0.3) is 5.69 Å². The monoisotopic (exact) mass is 330 g/mol. The largest absolute Gasteiger partial charge is 0.487 e. The minimum atomic E-state index is -0.529. The van der Waals surface area contributed by atoms with E-state index < -0.39 is 4.92 Å². The molecule has 3 rings (SSSR count). The maximum absolute atomic E-state index is 10.8. The molecule has 0 bridgehead atoms. The molecule has 5 nitrogen and oxygen atoms in total. The molecule has 0 saturated heterocycles. The van der Waals surface area contributed by atoms with Gasteiger partial charge in [-0.15, -0.1) is 0 Å². The first-order chi connectivity index (χ1) is 9.94. The first kappa shape index (κ1) is 14.9. The van der Waals surface area contributed by atoms with Gasteiger partial charge in [0.1, 0.15) is 6.10 Å². The SMILES string of the molecule is NC1CC(Oc2c(Cl)cc([N+](=O)[O-])cc2Cl)C12CCCC2. The van der Waals surface area contributed by atoms with Crippen molar-refractivity contribution >= 4 is 28.9 Å². The van der Waals surface area contributed by atoms with Crippen LogP contribution < -0.4 is 10.5 Å². The van der Waals surface area contributed by atoms with E-state index in [9.17, 15) is 10.1 Å². The number of hydrogen-bond acceptors (Lipinski definition) is 4. The van der Waals surface area contributed by atoms with Crippen molar-refractivity contribution in [3.05, 3.63) is 32.3 Å². The van der Waals surface area contributed by atoms with Crippen LogP contribution in [0.25, 0.3) is 0 Å². The predicted molar refractivity (Wildman–Crippen MR) is 81.0 cm³/mol. The van der Waals surface area contributed by atoms with E-state index in [0.717, 1.165) is 32.1 Å². The molecule has 2 saturated carbocycles. The summed E-state index contributed by atoms with van der Waals surface area (Å²) in [6.45, 7) is 0. The lowest BCUT2D eigenvalue weighted by molar-refractivity contribution is -0.384. The molecule has 1 aromatic rings. The van der Waals surface area contributed by atoms with Crippen LogP contribution in [-0.2, 0) is 0 Å². The highest BCUT2D eigenvalue weighted by Gasteiger charge is 2.56. The maximum atomic E-state index is 10.8. The average molecular weight is 331 g/mol. The molecule has 114 valence electrons. The van der Waals surface area contributed by atoms with Crippen LogP contribution in [0.4, 0.5) is 5.69 Å². The van der Waals surface area contributed by atoms with Gasteiger partial charge < -0.3 is 10.5 Å². The summed E-state index contributed by atoms with van der Waals surface area (Å²) in [4.78, 5) is 10.3. The Morgan fingerprint density at radius 2 is 1.86 bits per heavy atom. The van der Waals surface area contributed by atoms with Gasteiger partial charge in [0.05, 0.1) is 15.0 Å². The minimum Gasteiger partial charge on any atom is -0.487 e. The minimum absolute atomic E-state index is 0.00791. The molecule has 1 aromatic carbocycles. The third-order valence-corrected chi connectivity index (χ3v) is 5.40. The molecule has 2 unspecified atom stereocenters. The predicted octanol–water partition coefficient (Wildman–Crippen LogP) is 3.94. The van der Waals surface area contributed by atoms with Crippen molar-refractivity contribution in [2.75, 3.05) is 0 Å². The lowest BCUT2D eigenvalue weighted by Crippen LogP contribution is -2.62. The number of non-ortho nitro benzene ring substituents is 1. The van der Waals surface area contributed by atoms with Crippen molar-refractivity contribution in [1.29, 1.82) is 0 Å². The van der Waals surface area contributed by atoms with Gasteiger partial charge in [0.2, 0.25) is 0 Å². The number of nitrogens with zero attached hydrogens (tertiary/aromatic N) is 1. The van der Waals surface area contributed by atoms with Crippen LogP contribution in [0.2, 0.25) is 10.0 Å². The topological polar surface area (TPSA) is 78.4 Å². The molecule has 0 radical (unpaired) electrons. The van der Waals surface area contributed by atoms with Gasteiger partial charge in [0.15, 0.2) is 5.75 Å². The van der Waals surface area contributed by atoms with E-state index >= 15 is 0 Å². The second kappa shape index (κ2) is 5.30. The second-order valence-corrected chi connectivity index (χ2v) is 6.70. The molecule has 2 aliphatic carbocycles. The summed E-state index contributed by atoms with van der Waals surface area (Å²) in [7, 11) is 0. The fourth-order valence-electron chi connectivity index (χ4n) is 3.58. The standard InChI is InChI=1S/C14H16Cl2N2O3/c15-9-5-8(18(19)20)6-10(16)13(9)21-12-7-11(17)14(12)3-1-2-4-14/h5-6,11-12H,1-4,7,17H2. The third-order valence-electron chi connectivity index (χ3n) is 4.84. The van der Waals surface area contributed by atoms with E-state index in [2.05, 4.69) is 0 Å². The van der Waals surface area contributed by atoms with Crippen LogP contribution in [0.15, 0.2) is 12.1 Å². The van der Waals surface area contributed by atoms with E-state index in [1.807, 2.05) is 0 Å². The lowest BCUT2D eigenvalue weighted by atomic mass is 9.61. The maximum Gasteiger partial charge on any atom is 0.272 e. The highest BCUT2D eigenvalue weighted by atomic mass is 35.5. The lowest BCUT2D eigenvalue weighted by Gasteiger charge is -2.52. The van der Waals surface area contributed by atoms with E-state index in [1.165, 1.54) is 12.1 Å². The molecular weight excluding hydrogens is 315 g/mol. The summed E-state index contributed by atoms with van der Waals surface area (Å²) >= 11 is 12.2. The third kappa shape index (κ3) is 2.37. The molecule has 0 heterocycles. The summed E-state index contributed by atoms with van der Waals surface area (Å²) in [5.74, 6) is 0.326. The fraction of sp³-hybridized carbons (Fsp3) is 0.571. The zero-order chi connectivity index (χ0) is 15.2. The second-order valence-electron chi connectivity index (χ2n) is 5.88. The van der Waals surface area contributed by atoms with Crippen molar-refractivity contribution in [2.24, 2.45) is 11.1 Å². The summed E-state index contributed by atoms with van der Waals surface area (Å²) in [5.41, 5.74) is 6.05. The summed E-state index contributed by atoms with van der Waals surface area (Å²) in [6.07, 6.45) is 5.20. The van der Waals surface area contributed by atoms with E-state index in [-0.39, 0.29) is 33.3 Å².